The molecule has 1 unspecified atom stereocenters. The number of aromatic amines is 1. The Balaban J connectivity index is 1.58. The highest BCUT2D eigenvalue weighted by molar-refractivity contribution is 5.78. The molecule has 1 atom stereocenters. The zero-order valence-electron chi connectivity index (χ0n) is 12.3. The molecule has 1 saturated heterocycles. The maximum absolute atomic E-state index is 5.59. The van der Waals surface area contributed by atoms with Crippen molar-refractivity contribution in [2.45, 2.75) is 19.5 Å². The van der Waals surface area contributed by atoms with E-state index in [9.17, 15) is 0 Å². The van der Waals surface area contributed by atoms with Crippen molar-refractivity contribution in [3.8, 4) is 0 Å². The van der Waals surface area contributed by atoms with Crippen LogP contribution in [0.5, 0.6) is 0 Å². The summed E-state index contributed by atoms with van der Waals surface area (Å²) in [6, 6.07) is 6.38. The predicted molar refractivity (Wildman–Crippen MR) is 79.1 cm³/mol. The van der Waals surface area contributed by atoms with E-state index in [0.717, 1.165) is 30.6 Å². The summed E-state index contributed by atoms with van der Waals surface area (Å²) in [5, 5.41) is 12.2. The number of hydrogen-bond acceptors (Lipinski definition) is 6. The Hall–Kier alpha value is -2.25. The highest BCUT2D eigenvalue weighted by atomic mass is 16.5. The number of H-pyrrole nitrogens is 1. The molecule has 0 saturated carbocycles. The van der Waals surface area contributed by atoms with Crippen LogP contribution in [0.3, 0.4) is 0 Å². The second-order valence-corrected chi connectivity index (χ2v) is 5.52. The topological polar surface area (TPSA) is 80.1 Å². The van der Waals surface area contributed by atoms with Crippen LogP contribution in [0.1, 0.15) is 23.3 Å². The molecule has 0 spiro atoms. The van der Waals surface area contributed by atoms with Crippen LogP contribution in [0.15, 0.2) is 28.9 Å². The molecule has 114 valence electrons. The molecule has 1 fully saturated rings. The largest absolute Gasteiger partial charge is 0.378 e. The minimum atomic E-state index is 0.0312. The van der Waals surface area contributed by atoms with Crippen LogP contribution in [0.4, 0.5) is 0 Å². The number of morpholine rings is 1. The Morgan fingerprint density at radius 2 is 2.36 bits per heavy atom. The molecule has 1 aliphatic rings. The lowest BCUT2D eigenvalue weighted by Gasteiger charge is -2.33. The summed E-state index contributed by atoms with van der Waals surface area (Å²) in [5.74, 6) is 1.28. The Bertz CT molecular complexity index is 781. The first-order valence-corrected chi connectivity index (χ1v) is 7.33. The SMILES string of the molecule is Cc1nc(C2COCCN2Cc2ccc3cn[nH]c3c2)no1. The normalized spacial score (nSPS) is 19.8. The Morgan fingerprint density at radius 1 is 1.41 bits per heavy atom. The first-order valence-electron chi connectivity index (χ1n) is 7.33. The smallest absolute Gasteiger partial charge is 0.223 e. The fourth-order valence-corrected chi connectivity index (χ4v) is 2.83. The number of nitrogens with zero attached hydrogens (tertiary/aromatic N) is 4. The fourth-order valence-electron chi connectivity index (χ4n) is 2.83. The summed E-state index contributed by atoms with van der Waals surface area (Å²) in [6.45, 7) is 4.78. The van der Waals surface area contributed by atoms with E-state index >= 15 is 0 Å². The molecule has 0 amide bonds. The van der Waals surface area contributed by atoms with Gasteiger partial charge in [0.2, 0.25) is 5.89 Å². The van der Waals surface area contributed by atoms with E-state index in [2.05, 4.69) is 43.4 Å². The number of aryl methyl sites for hydroxylation is 1. The number of nitrogens with one attached hydrogen (secondary N) is 1. The van der Waals surface area contributed by atoms with Crippen LogP contribution in [0, 0.1) is 6.92 Å². The first-order chi connectivity index (χ1) is 10.8. The van der Waals surface area contributed by atoms with Crippen LogP contribution >= 0.6 is 0 Å². The maximum atomic E-state index is 5.59. The van der Waals surface area contributed by atoms with E-state index in [-0.39, 0.29) is 6.04 Å². The molecule has 22 heavy (non-hydrogen) atoms. The number of fused-ring (bicyclic) bond motifs is 1. The van der Waals surface area contributed by atoms with Gasteiger partial charge in [-0.1, -0.05) is 17.3 Å². The average molecular weight is 299 g/mol. The summed E-state index contributed by atoms with van der Waals surface area (Å²) < 4.78 is 10.7. The Labute approximate surface area is 127 Å². The van der Waals surface area contributed by atoms with E-state index in [4.69, 9.17) is 9.26 Å². The summed E-state index contributed by atoms with van der Waals surface area (Å²) in [5.41, 5.74) is 2.28. The van der Waals surface area contributed by atoms with Crippen molar-refractivity contribution >= 4 is 10.9 Å². The molecule has 7 nitrogen and oxygen atoms in total. The molecule has 1 N–H and O–H groups in total. The van der Waals surface area contributed by atoms with Crippen molar-refractivity contribution in [2.24, 2.45) is 0 Å². The van der Waals surface area contributed by atoms with E-state index in [1.54, 1.807) is 6.92 Å². The Morgan fingerprint density at radius 3 is 3.23 bits per heavy atom. The van der Waals surface area contributed by atoms with Gasteiger partial charge >= 0.3 is 0 Å². The predicted octanol–water partition coefficient (Wildman–Crippen LogP) is 1.83. The molecule has 7 heteroatoms. The number of aromatic nitrogens is 4. The molecular weight excluding hydrogens is 282 g/mol. The van der Waals surface area contributed by atoms with Gasteiger partial charge in [0.05, 0.1) is 31.0 Å². The van der Waals surface area contributed by atoms with Gasteiger partial charge in [-0.05, 0) is 11.6 Å². The third-order valence-corrected chi connectivity index (χ3v) is 3.97. The number of hydrogen-bond donors (Lipinski definition) is 1. The second kappa shape index (κ2) is 5.51. The summed E-state index contributed by atoms with van der Waals surface area (Å²) in [4.78, 5) is 6.68. The molecule has 2 aromatic heterocycles. The highest BCUT2D eigenvalue weighted by Crippen LogP contribution is 2.24. The van der Waals surface area contributed by atoms with Gasteiger partial charge in [0, 0.05) is 25.4 Å². The zero-order chi connectivity index (χ0) is 14.9. The van der Waals surface area contributed by atoms with Gasteiger partial charge in [-0.25, -0.2) is 0 Å². The van der Waals surface area contributed by atoms with Gasteiger partial charge in [0.15, 0.2) is 5.82 Å². The fraction of sp³-hybridized carbons (Fsp3) is 0.400. The van der Waals surface area contributed by atoms with Crippen molar-refractivity contribution in [1.29, 1.82) is 0 Å². The molecule has 3 aromatic rings. The van der Waals surface area contributed by atoms with Gasteiger partial charge in [0.25, 0.3) is 0 Å². The molecule has 3 heterocycles. The maximum Gasteiger partial charge on any atom is 0.223 e. The van der Waals surface area contributed by atoms with Crippen LogP contribution in [0.25, 0.3) is 10.9 Å². The summed E-state index contributed by atoms with van der Waals surface area (Å²) in [6.07, 6.45) is 1.83. The lowest BCUT2D eigenvalue weighted by molar-refractivity contribution is -0.0166. The van der Waals surface area contributed by atoms with Crippen molar-refractivity contribution in [3.05, 3.63) is 41.7 Å². The molecule has 0 bridgehead atoms. The van der Waals surface area contributed by atoms with Crippen LogP contribution in [-0.2, 0) is 11.3 Å². The van der Waals surface area contributed by atoms with E-state index in [1.165, 1.54) is 5.56 Å². The first kappa shape index (κ1) is 13.4. The van der Waals surface area contributed by atoms with Gasteiger partial charge in [0.1, 0.15) is 0 Å². The standard InChI is InChI=1S/C15H17N5O2/c1-10-17-15(19-22-10)14-9-21-5-4-20(14)8-11-2-3-12-7-16-18-13(12)6-11/h2-3,6-7,14H,4-5,8-9H2,1H3,(H,16,18). The van der Waals surface area contributed by atoms with Crippen molar-refractivity contribution < 1.29 is 9.26 Å². The van der Waals surface area contributed by atoms with Gasteiger partial charge in [-0.15, -0.1) is 0 Å². The number of benzene rings is 1. The average Bonchev–Trinajstić information content (AvgIpc) is 3.16. The highest BCUT2D eigenvalue weighted by Gasteiger charge is 2.28. The molecule has 4 rings (SSSR count). The third kappa shape index (κ3) is 2.49. The Kier molecular flexibility index (Phi) is 3.36. The van der Waals surface area contributed by atoms with Gasteiger partial charge in [-0.2, -0.15) is 10.1 Å². The minimum absolute atomic E-state index is 0.0312. The van der Waals surface area contributed by atoms with Gasteiger partial charge < -0.3 is 9.26 Å². The van der Waals surface area contributed by atoms with Crippen LogP contribution in [-0.4, -0.2) is 45.0 Å². The number of ether oxygens (including phenoxy) is 1. The van der Waals surface area contributed by atoms with Crippen LogP contribution in [0.2, 0.25) is 0 Å². The van der Waals surface area contributed by atoms with Crippen LogP contribution < -0.4 is 0 Å². The summed E-state index contributed by atoms with van der Waals surface area (Å²) in [7, 11) is 0. The number of rotatable bonds is 3. The molecule has 1 aliphatic heterocycles. The zero-order valence-corrected chi connectivity index (χ0v) is 12.3. The lowest BCUT2D eigenvalue weighted by atomic mass is 10.1. The van der Waals surface area contributed by atoms with E-state index < -0.39 is 0 Å². The summed E-state index contributed by atoms with van der Waals surface area (Å²) >= 11 is 0. The lowest BCUT2D eigenvalue weighted by Crippen LogP contribution is -2.39. The van der Waals surface area contributed by atoms with Crippen molar-refractivity contribution in [3.63, 3.8) is 0 Å². The minimum Gasteiger partial charge on any atom is -0.378 e. The quantitative estimate of drug-likeness (QED) is 0.794. The third-order valence-electron chi connectivity index (χ3n) is 3.97. The second-order valence-electron chi connectivity index (χ2n) is 5.52. The molecule has 0 aliphatic carbocycles. The molecular formula is C15H17N5O2. The molecule has 0 radical (unpaired) electrons. The monoisotopic (exact) mass is 299 g/mol. The molecule has 1 aromatic carbocycles. The van der Waals surface area contributed by atoms with Crippen molar-refractivity contribution in [2.75, 3.05) is 19.8 Å². The van der Waals surface area contributed by atoms with Crippen molar-refractivity contribution in [1.82, 2.24) is 25.2 Å². The van der Waals surface area contributed by atoms with Gasteiger partial charge in [-0.3, -0.25) is 10.00 Å². The van der Waals surface area contributed by atoms with E-state index in [0.29, 0.717) is 18.3 Å². The van der Waals surface area contributed by atoms with E-state index in [1.807, 2.05) is 6.20 Å².